The molecule has 0 aliphatic heterocycles. The average molecular weight is 348 g/mol. The van der Waals surface area contributed by atoms with E-state index in [0.29, 0.717) is 0 Å². The van der Waals surface area contributed by atoms with Crippen LogP contribution >= 0.6 is 0 Å². The van der Waals surface area contributed by atoms with E-state index in [2.05, 4.69) is 18.2 Å². The van der Waals surface area contributed by atoms with Crippen LogP contribution in [0, 0.1) is 0 Å². The molecule has 2 aliphatic carbocycles. The van der Waals surface area contributed by atoms with Crippen LogP contribution in [-0.2, 0) is 4.79 Å². The van der Waals surface area contributed by atoms with Crippen LogP contribution in [0.3, 0.4) is 0 Å². The van der Waals surface area contributed by atoms with Crippen LogP contribution < -0.4 is 0 Å². The van der Waals surface area contributed by atoms with E-state index in [1.54, 1.807) is 6.08 Å². The quantitative estimate of drug-likeness (QED) is 0.379. The van der Waals surface area contributed by atoms with Crippen molar-refractivity contribution in [2.45, 2.75) is 0 Å². The molecule has 6 rings (SSSR count). The number of carbonyl (C=O) groups is 1. The molecule has 1 heterocycles. The molecule has 0 atom stereocenters. The highest BCUT2D eigenvalue weighted by atomic mass is 16.3. The van der Waals surface area contributed by atoms with Gasteiger partial charge >= 0.3 is 0 Å². The molecule has 128 valence electrons. The largest absolute Gasteiger partial charge is 0.456 e. The first kappa shape index (κ1) is 15.6. The lowest BCUT2D eigenvalue weighted by molar-refractivity contribution is -0.110. The van der Waals surface area contributed by atoms with Crippen LogP contribution in [0.2, 0.25) is 0 Å². The number of carbonyl (C=O) groups excluding carboxylic acids is 1. The zero-order valence-electron chi connectivity index (χ0n) is 14.6. The summed E-state index contributed by atoms with van der Waals surface area (Å²) in [6.07, 6.45) is 7.39. The molecule has 27 heavy (non-hydrogen) atoms. The minimum atomic E-state index is 0.110. The lowest BCUT2D eigenvalue weighted by Crippen LogP contribution is -2.00. The number of hydrogen-bond donors (Lipinski definition) is 0. The SMILES string of the molecule is O=C1C=CC=C2C1=Cc1ccccc12.c1ccc2c(c1)oc1ccccc12. The minimum Gasteiger partial charge on any atom is -0.456 e. The summed E-state index contributed by atoms with van der Waals surface area (Å²) in [4.78, 5) is 11.5. The summed E-state index contributed by atoms with van der Waals surface area (Å²) < 4.78 is 5.65. The molecular weight excluding hydrogens is 332 g/mol. The van der Waals surface area contributed by atoms with Crippen molar-refractivity contribution in [1.82, 2.24) is 0 Å². The Kier molecular flexibility index (Phi) is 3.61. The Bertz CT molecular complexity index is 1230. The number of allylic oxidation sites excluding steroid dienone is 5. The third kappa shape index (κ3) is 2.63. The summed E-state index contributed by atoms with van der Waals surface area (Å²) in [5.41, 5.74) is 6.13. The maximum absolute atomic E-state index is 11.5. The molecule has 0 bridgehead atoms. The number of benzene rings is 3. The molecule has 4 aromatic rings. The summed E-state index contributed by atoms with van der Waals surface area (Å²) in [6.45, 7) is 0. The third-order valence-corrected chi connectivity index (χ3v) is 4.90. The molecule has 2 aliphatic rings. The zero-order valence-corrected chi connectivity index (χ0v) is 14.6. The van der Waals surface area contributed by atoms with Crippen molar-refractivity contribution in [3.63, 3.8) is 0 Å². The Morgan fingerprint density at radius 3 is 2.04 bits per heavy atom. The second-order valence-electron chi connectivity index (χ2n) is 6.54. The minimum absolute atomic E-state index is 0.110. The summed E-state index contributed by atoms with van der Waals surface area (Å²) in [6, 6.07) is 24.3. The summed E-state index contributed by atoms with van der Waals surface area (Å²) >= 11 is 0. The Morgan fingerprint density at radius 2 is 1.30 bits per heavy atom. The Labute approximate surface area is 156 Å². The molecule has 0 radical (unpaired) electrons. The van der Waals surface area contributed by atoms with Gasteiger partial charge in [0.15, 0.2) is 5.78 Å². The monoisotopic (exact) mass is 348 g/mol. The lowest BCUT2D eigenvalue weighted by Gasteiger charge is -2.06. The smallest absolute Gasteiger partial charge is 0.186 e. The van der Waals surface area contributed by atoms with Gasteiger partial charge in [-0.05, 0) is 41.0 Å². The lowest BCUT2D eigenvalue weighted by atomic mass is 9.96. The van der Waals surface area contributed by atoms with Crippen molar-refractivity contribution in [2.24, 2.45) is 0 Å². The van der Waals surface area contributed by atoms with Crippen molar-refractivity contribution >= 4 is 39.4 Å². The van der Waals surface area contributed by atoms with Gasteiger partial charge in [-0.15, -0.1) is 0 Å². The first-order valence-corrected chi connectivity index (χ1v) is 8.92. The number of furan rings is 1. The Morgan fingerprint density at radius 1 is 0.667 bits per heavy atom. The van der Waals surface area contributed by atoms with E-state index in [4.69, 9.17) is 4.42 Å². The molecule has 0 saturated heterocycles. The first-order chi connectivity index (χ1) is 13.3. The van der Waals surface area contributed by atoms with Crippen LogP contribution in [-0.4, -0.2) is 5.78 Å². The van der Waals surface area contributed by atoms with Gasteiger partial charge in [0.1, 0.15) is 11.2 Å². The number of para-hydroxylation sites is 2. The molecule has 2 nitrogen and oxygen atoms in total. The van der Waals surface area contributed by atoms with Crippen molar-refractivity contribution in [2.75, 3.05) is 0 Å². The second-order valence-corrected chi connectivity index (χ2v) is 6.54. The predicted octanol–water partition coefficient (Wildman–Crippen LogP) is 6.19. The van der Waals surface area contributed by atoms with Gasteiger partial charge in [0, 0.05) is 16.3 Å². The first-order valence-electron chi connectivity index (χ1n) is 8.92. The van der Waals surface area contributed by atoms with Gasteiger partial charge in [-0.1, -0.05) is 72.8 Å². The highest BCUT2D eigenvalue weighted by Crippen LogP contribution is 2.37. The molecule has 0 unspecified atom stereocenters. The summed E-state index contributed by atoms with van der Waals surface area (Å²) in [5.74, 6) is 0.110. The molecule has 0 spiro atoms. The van der Waals surface area contributed by atoms with E-state index in [9.17, 15) is 4.79 Å². The van der Waals surface area contributed by atoms with E-state index < -0.39 is 0 Å². The van der Waals surface area contributed by atoms with Gasteiger partial charge in [0.2, 0.25) is 0 Å². The summed E-state index contributed by atoms with van der Waals surface area (Å²) in [7, 11) is 0. The van der Waals surface area contributed by atoms with Crippen LogP contribution in [0.1, 0.15) is 11.1 Å². The van der Waals surface area contributed by atoms with Gasteiger partial charge in [-0.2, -0.15) is 0 Å². The van der Waals surface area contributed by atoms with Crippen molar-refractivity contribution in [1.29, 1.82) is 0 Å². The van der Waals surface area contributed by atoms with Gasteiger partial charge in [-0.3, -0.25) is 4.79 Å². The number of hydrogen-bond acceptors (Lipinski definition) is 2. The zero-order chi connectivity index (χ0) is 18.2. The molecule has 0 amide bonds. The van der Waals surface area contributed by atoms with Gasteiger partial charge in [0.05, 0.1) is 0 Å². The Balaban J connectivity index is 0.000000119. The van der Waals surface area contributed by atoms with Crippen LogP contribution in [0.25, 0.3) is 33.6 Å². The topological polar surface area (TPSA) is 30.2 Å². The molecular formula is C25H16O2. The van der Waals surface area contributed by atoms with Gasteiger partial charge < -0.3 is 4.42 Å². The highest BCUT2D eigenvalue weighted by molar-refractivity contribution is 6.23. The molecule has 0 N–H and O–H groups in total. The van der Waals surface area contributed by atoms with E-state index in [1.807, 2.05) is 72.8 Å². The van der Waals surface area contributed by atoms with Crippen LogP contribution in [0.5, 0.6) is 0 Å². The molecule has 1 aromatic heterocycles. The van der Waals surface area contributed by atoms with Crippen LogP contribution in [0.15, 0.2) is 101 Å². The number of rotatable bonds is 0. The fourth-order valence-corrected chi connectivity index (χ4v) is 3.63. The number of ketones is 1. The molecule has 0 fully saturated rings. The van der Waals surface area contributed by atoms with Crippen LogP contribution in [0.4, 0.5) is 0 Å². The maximum Gasteiger partial charge on any atom is 0.186 e. The fourth-order valence-electron chi connectivity index (χ4n) is 3.63. The van der Waals surface area contributed by atoms with Gasteiger partial charge in [0.25, 0.3) is 0 Å². The van der Waals surface area contributed by atoms with E-state index in [1.165, 1.54) is 16.3 Å². The number of fused-ring (bicyclic) bond motifs is 6. The highest BCUT2D eigenvalue weighted by Gasteiger charge is 2.23. The van der Waals surface area contributed by atoms with E-state index >= 15 is 0 Å². The molecule has 2 heteroatoms. The van der Waals surface area contributed by atoms with Crippen molar-refractivity contribution < 1.29 is 9.21 Å². The fraction of sp³-hybridized carbons (Fsp3) is 0. The third-order valence-electron chi connectivity index (χ3n) is 4.90. The average Bonchev–Trinajstić information content (AvgIpc) is 3.28. The van der Waals surface area contributed by atoms with E-state index in [-0.39, 0.29) is 5.78 Å². The normalized spacial score (nSPS) is 14.3. The predicted molar refractivity (Wildman–Crippen MR) is 110 cm³/mol. The van der Waals surface area contributed by atoms with E-state index in [0.717, 1.165) is 27.9 Å². The van der Waals surface area contributed by atoms with Crippen molar-refractivity contribution in [3.05, 3.63) is 108 Å². The van der Waals surface area contributed by atoms with Crippen molar-refractivity contribution in [3.8, 4) is 0 Å². The molecule has 0 saturated carbocycles. The van der Waals surface area contributed by atoms with Gasteiger partial charge in [-0.25, -0.2) is 0 Å². The second kappa shape index (κ2) is 6.26. The Hall–Kier alpha value is -3.65. The molecule has 3 aromatic carbocycles. The summed E-state index contributed by atoms with van der Waals surface area (Å²) in [5, 5.41) is 2.39. The standard InChI is InChI=1S/C13H8O.C12H8O/c14-13-7-3-6-11-10-5-2-1-4-9(10)8-12(11)13;1-3-7-11-9(5-1)10-6-2-4-8-12(10)13-11/h1-8H;1-8H. The maximum atomic E-state index is 11.5.